The maximum atomic E-state index is 5.54. The van der Waals surface area contributed by atoms with Gasteiger partial charge in [0.15, 0.2) is 0 Å². The van der Waals surface area contributed by atoms with Gasteiger partial charge in [0, 0.05) is 11.1 Å². The van der Waals surface area contributed by atoms with Crippen molar-refractivity contribution < 1.29 is 0 Å². The second kappa shape index (κ2) is 18.6. The molecule has 0 fully saturated rings. The van der Waals surface area contributed by atoms with E-state index in [4.69, 9.17) is 9.97 Å². The molecule has 0 radical (unpaired) electrons. The van der Waals surface area contributed by atoms with Crippen LogP contribution in [0.15, 0.2) is 48.5 Å². The van der Waals surface area contributed by atoms with Crippen molar-refractivity contribution in [1.29, 1.82) is 0 Å². The minimum Gasteiger partial charge on any atom is -0.249 e. The van der Waals surface area contributed by atoms with Crippen LogP contribution in [0.4, 0.5) is 0 Å². The summed E-state index contributed by atoms with van der Waals surface area (Å²) in [6.45, 7) is 18.6. The van der Waals surface area contributed by atoms with Gasteiger partial charge in [0.25, 0.3) is 0 Å². The van der Waals surface area contributed by atoms with Crippen molar-refractivity contribution in [3.8, 4) is 22.5 Å². The Kier molecular flexibility index (Phi) is 15.3. The Morgan fingerprint density at radius 1 is 0.444 bits per heavy atom. The number of hydrogen-bond acceptors (Lipinski definition) is 2. The van der Waals surface area contributed by atoms with Gasteiger partial charge >= 0.3 is 0 Å². The van der Waals surface area contributed by atoms with Gasteiger partial charge in [-0.2, -0.15) is 0 Å². The molecule has 0 unspecified atom stereocenters. The fourth-order valence-corrected chi connectivity index (χ4v) is 6.43. The van der Waals surface area contributed by atoms with Gasteiger partial charge in [-0.3, -0.25) is 0 Å². The Morgan fingerprint density at radius 2 is 0.822 bits per heavy atom. The van der Waals surface area contributed by atoms with Gasteiger partial charge in [-0.25, -0.2) is 9.97 Å². The first-order chi connectivity index (χ1) is 21.7. The maximum Gasteiger partial charge on any atom is 0.0921 e. The molecule has 0 bridgehead atoms. The predicted molar refractivity (Wildman–Crippen MR) is 198 cm³/mol. The molecule has 0 saturated carbocycles. The first kappa shape index (κ1) is 37.0. The molecule has 2 nitrogen and oxygen atoms in total. The highest BCUT2D eigenvalue weighted by molar-refractivity contribution is 5.68. The van der Waals surface area contributed by atoms with Gasteiger partial charge in [0.2, 0.25) is 0 Å². The van der Waals surface area contributed by atoms with E-state index in [-0.39, 0.29) is 10.8 Å². The Hall–Kier alpha value is -2.48. The number of unbranched alkanes of at least 4 members (excludes halogenated alkanes) is 10. The van der Waals surface area contributed by atoms with Crippen molar-refractivity contribution >= 4 is 0 Å². The van der Waals surface area contributed by atoms with Gasteiger partial charge in [-0.05, 0) is 66.9 Å². The summed E-state index contributed by atoms with van der Waals surface area (Å²) in [6.07, 6.45) is 20.9. The Morgan fingerprint density at radius 3 is 1.20 bits per heavy atom. The largest absolute Gasteiger partial charge is 0.249 e. The Bertz CT molecular complexity index is 1250. The fourth-order valence-electron chi connectivity index (χ4n) is 6.43. The van der Waals surface area contributed by atoms with Crippen LogP contribution in [-0.2, 0) is 23.7 Å². The van der Waals surface area contributed by atoms with E-state index in [2.05, 4.69) is 104 Å². The highest BCUT2D eigenvalue weighted by Crippen LogP contribution is 2.35. The highest BCUT2D eigenvalue weighted by atomic mass is 14.9. The molecular formula is C43H66N2. The smallest absolute Gasteiger partial charge is 0.0921 e. The van der Waals surface area contributed by atoms with Crippen molar-refractivity contribution in [1.82, 2.24) is 9.97 Å². The van der Waals surface area contributed by atoms with Gasteiger partial charge in [-0.1, -0.05) is 168 Å². The average molecular weight is 611 g/mol. The predicted octanol–water partition coefficient (Wildman–Crippen LogP) is 13.4. The molecule has 0 saturated heterocycles. The molecule has 0 spiro atoms. The lowest BCUT2D eigenvalue weighted by Crippen LogP contribution is -2.19. The normalized spacial score (nSPS) is 12.2. The van der Waals surface area contributed by atoms with Gasteiger partial charge < -0.3 is 0 Å². The van der Waals surface area contributed by atoms with E-state index in [1.54, 1.807) is 0 Å². The third-order valence-corrected chi connectivity index (χ3v) is 10.8. The summed E-state index contributed by atoms with van der Waals surface area (Å²) in [5, 5.41) is 0. The van der Waals surface area contributed by atoms with E-state index >= 15 is 0 Å². The second-order valence-corrected chi connectivity index (χ2v) is 14.5. The zero-order valence-electron chi connectivity index (χ0n) is 30.5. The van der Waals surface area contributed by atoms with Crippen molar-refractivity contribution in [2.24, 2.45) is 0 Å². The fraction of sp³-hybridized carbons (Fsp3) is 0.628. The van der Waals surface area contributed by atoms with Crippen molar-refractivity contribution in [2.75, 3.05) is 0 Å². The van der Waals surface area contributed by atoms with Crippen LogP contribution < -0.4 is 0 Å². The van der Waals surface area contributed by atoms with Gasteiger partial charge in [0.05, 0.1) is 22.8 Å². The minimum absolute atomic E-state index is 0.177. The van der Waals surface area contributed by atoms with Gasteiger partial charge in [-0.15, -0.1) is 0 Å². The number of nitrogens with zero attached hydrogens (tertiary/aromatic N) is 2. The number of benzene rings is 2. The minimum atomic E-state index is 0.177. The van der Waals surface area contributed by atoms with E-state index in [0.717, 1.165) is 43.5 Å². The molecule has 1 aromatic heterocycles. The Balaban J connectivity index is 2.04. The topological polar surface area (TPSA) is 25.8 Å². The first-order valence-electron chi connectivity index (χ1n) is 18.8. The third kappa shape index (κ3) is 10.5. The van der Waals surface area contributed by atoms with Crippen LogP contribution in [0.3, 0.4) is 0 Å². The van der Waals surface area contributed by atoms with Crippen molar-refractivity contribution in [3.05, 3.63) is 71.0 Å². The SMILES string of the molecule is CCCCCCCCc1nc(-c2ccc(C(C)(CC)CC)cc2)c(CCCCCCCC)nc1-c1ccc(C(C)(C)CC)cc1. The molecule has 0 atom stereocenters. The van der Waals surface area contributed by atoms with Crippen LogP contribution >= 0.6 is 0 Å². The Labute approximate surface area is 278 Å². The lowest BCUT2D eigenvalue weighted by atomic mass is 9.77. The molecule has 0 aliphatic heterocycles. The van der Waals surface area contributed by atoms with E-state index in [0.29, 0.717) is 0 Å². The summed E-state index contributed by atoms with van der Waals surface area (Å²) < 4.78 is 0. The molecule has 0 N–H and O–H groups in total. The quantitative estimate of drug-likeness (QED) is 0.112. The zero-order valence-corrected chi connectivity index (χ0v) is 30.5. The number of hydrogen-bond donors (Lipinski definition) is 0. The van der Waals surface area contributed by atoms with E-state index < -0.39 is 0 Å². The molecule has 1 heterocycles. The molecule has 3 aromatic rings. The van der Waals surface area contributed by atoms with Crippen molar-refractivity contribution in [2.45, 2.75) is 175 Å². The third-order valence-electron chi connectivity index (χ3n) is 10.8. The molecule has 0 aliphatic carbocycles. The summed E-state index contributed by atoms with van der Waals surface area (Å²) in [4.78, 5) is 11.1. The molecule has 2 aromatic carbocycles. The molecule has 0 aliphatic rings. The van der Waals surface area contributed by atoms with Crippen LogP contribution in [0.5, 0.6) is 0 Å². The lowest BCUT2D eigenvalue weighted by Gasteiger charge is -2.27. The standard InChI is InChI=1S/C43H66N2/c1-9-14-16-18-20-22-24-38-40(34-26-30-36(31-27-34)42(6,7)11-3)44-39(25-23-21-19-17-15-10-2)41(45-38)35-28-32-37(33-29-35)43(8,12-4)13-5/h26-33H,9-25H2,1-8H3. The summed E-state index contributed by atoms with van der Waals surface area (Å²) >= 11 is 0. The molecular weight excluding hydrogens is 544 g/mol. The lowest BCUT2D eigenvalue weighted by molar-refractivity contribution is 0.439. The van der Waals surface area contributed by atoms with E-state index in [1.807, 2.05) is 0 Å². The van der Waals surface area contributed by atoms with Crippen LogP contribution in [0.25, 0.3) is 22.5 Å². The van der Waals surface area contributed by atoms with Gasteiger partial charge in [0.1, 0.15) is 0 Å². The van der Waals surface area contributed by atoms with E-state index in [9.17, 15) is 0 Å². The van der Waals surface area contributed by atoms with Crippen LogP contribution in [0.2, 0.25) is 0 Å². The summed E-state index contributed by atoms with van der Waals surface area (Å²) in [6, 6.07) is 18.6. The maximum absolute atomic E-state index is 5.54. The second-order valence-electron chi connectivity index (χ2n) is 14.5. The number of rotatable bonds is 21. The average Bonchev–Trinajstić information content (AvgIpc) is 3.07. The van der Waals surface area contributed by atoms with Crippen molar-refractivity contribution in [3.63, 3.8) is 0 Å². The highest BCUT2D eigenvalue weighted by Gasteiger charge is 2.23. The van der Waals surface area contributed by atoms with E-state index in [1.165, 1.54) is 111 Å². The number of aryl methyl sites for hydroxylation is 2. The molecule has 2 heteroatoms. The summed E-state index contributed by atoms with van der Waals surface area (Å²) in [7, 11) is 0. The summed E-state index contributed by atoms with van der Waals surface area (Å²) in [5.74, 6) is 0. The zero-order chi connectivity index (χ0) is 32.7. The summed E-state index contributed by atoms with van der Waals surface area (Å²) in [5.41, 5.74) is 10.2. The number of aromatic nitrogens is 2. The molecule has 45 heavy (non-hydrogen) atoms. The van der Waals surface area contributed by atoms with Crippen LogP contribution in [0, 0.1) is 0 Å². The monoisotopic (exact) mass is 611 g/mol. The van der Waals surface area contributed by atoms with Crippen LogP contribution in [0.1, 0.15) is 174 Å². The molecule has 3 rings (SSSR count). The first-order valence-corrected chi connectivity index (χ1v) is 18.8. The molecule has 248 valence electrons. The van der Waals surface area contributed by atoms with Crippen LogP contribution in [-0.4, -0.2) is 9.97 Å². The molecule has 0 amide bonds.